The normalized spacial score (nSPS) is 10.8. The van der Waals surface area contributed by atoms with Crippen molar-refractivity contribution in [1.29, 1.82) is 0 Å². The van der Waals surface area contributed by atoms with E-state index >= 15 is 0 Å². The number of amides is 1. The third-order valence-electron chi connectivity index (χ3n) is 2.88. The lowest BCUT2D eigenvalue weighted by atomic mass is 10.2. The summed E-state index contributed by atoms with van der Waals surface area (Å²) in [6.45, 7) is 7.26. The van der Waals surface area contributed by atoms with Gasteiger partial charge in [0.1, 0.15) is 5.82 Å². The van der Waals surface area contributed by atoms with Gasteiger partial charge in [0.25, 0.3) is 5.91 Å². The summed E-state index contributed by atoms with van der Waals surface area (Å²) in [5.41, 5.74) is 1.37. The van der Waals surface area contributed by atoms with Gasteiger partial charge < -0.3 is 4.90 Å². The average Bonchev–Trinajstić information content (AvgIpc) is 2.72. The Morgan fingerprint density at radius 2 is 2.06 bits per heavy atom. The Kier molecular flexibility index (Phi) is 3.08. The van der Waals surface area contributed by atoms with Crippen LogP contribution in [-0.4, -0.2) is 38.5 Å². The minimum atomic E-state index is 0.0400. The molecule has 2 aromatic heterocycles. The molecule has 0 aliphatic carbocycles. The summed E-state index contributed by atoms with van der Waals surface area (Å²) >= 11 is 0. The molecule has 0 fully saturated rings. The minimum absolute atomic E-state index is 0.0400. The fraction of sp³-hybridized carbons (Fsp3) is 0.417. The molecule has 5 heteroatoms. The lowest BCUT2D eigenvalue weighted by Gasteiger charge is -2.18. The van der Waals surface area contributed by atoms with Crippen LogP contribution >= 0.6 is 0 Å². The predicted octanol–water partition coefficient (Wildman–Crippen LogP) is 1.52. The van der Waals surface area contributed by atoms with E-state index in [9.17, 15) is 4.79 Å². The van der Waals surface area contributed by atoms with Crippen LogP contribution in [0.3, 0.4) is 0 Å². The second kappa shape index (κ2) is 4.53. The summed E-state index contributed by atoms with van der Waals surface area (Å²) in [5, 5.41) is 7.98. The van der Waals surface area contributed by atoms with E-state index in [0.29, 0.717) is 24.3 Å². The van der Waals surface area contributed by atoms with Gasteiger partial charge in [0, 0.05) is 24.8 Å². The SMILES string of the molecule is CCN(CC)C(=O)c1ccn2c(C)nnc2c1. The van der Waals surface area contributed by atoms with Crippen LogP contribution in [0.1, 0.15) is 30.0 Å². The first kappa shape index (κ1) is 11.6. The number of aromatic nitrogens is 3. The number of aryl methyl sites for hydroxylation is 1. The highest BCUT2D eigenvalue weighted by Crippen LogP contribution is 2.09. The van der Waals surface area contributed by atoms with Crippen LogP contribution in [0.5, 0.6) is 0 Å². The van der Waals surface area contributed by atoms with Crippen LogP contribution in [0, 0.1) is 6.92 Å². The molecule has 5 nitrogen and oxygen atoms in total. The molecule has 2 aromatic rings. The number of carbonyl (C=O) groups excluding carboxylic acids is 1. The lowest BCUT2D eigenvalue weighted by Crippen LogP contribution is -2.30. The second-order valence-electron chi connectivity index (χ2n) is 3.87. The van der Waals surface area contributed by atoms with Gasteiger partial charge >= 0.3 is 0 Å². The van der Waals surface area contributed by atoms with E-state index in [1.54, 1.807) is 11.0 Å². The first-order chi connectivity index (χ1) is 8.17. The van der Waals surface area contributed by atoms with Crippen molar-refractivity contribution in [1.82, 2.24) is 19.5 Å². The molecule has 0 N–H and O–H groups in total. The zero-order valence-corrected chi connectivity index (χ0v) is 10.3. The van der Waals surface area contributed by atoms with Crippen molar-refractivity contribution in [2.75, 3.05) is 13.1 Å². The summed E-state index contributed by atoms with van der Waals surface area (Å²) in [6.07, 6.45) is 1.83. The highest BCUT2D eigenvalue weighted by atomic mass is 16.2. The minimum Gasteiger partial charge on any atom is -0.339 e. The summed E-state index contributed by atoms with van der Waals surface area (Å²) in [4.78, 5) is 13.9. The molecule has 2 heterocycles. The molecule has 0 aliphatic heterocycles. The van der Waals surface area contributed by atoms with Crippen LogP contribution < -0.4 is 0 Å². The molecule has 0 bridgehead atoms. The van der Waals surface area contributed by atoms with Crippen molar-refractivity contribution >= 4 is 11.6 Å². The van der Waals surface area contributed by atoms with Gasteiger partial charge in [-0.1, -0.05) is 0 Å². The maximum atomic E-state index is 12.1. The maximum absolute atomic E-state index is 12.1. The topological polar surface area (TPSA) is 50.5 Å². The fourth-order valence-electron chi connectivity index (χ4n) is 1.84. The van der Waals surface area contributed by atoms with Gasteiger partial charge in [0.15, 0.2) is 5.65 Å². The van der Waals surface area contributed by atoms with Crippen LogP contribution in [0.2, 0.25) is 0 Å². The van der Waals surface area contributed by atoms with E-state index in [1.807, 2.05) is 37.4 Å². The Hall–Kier alpha value is -1.91. The molecule has 2 rings (SSSR count). The van der Waals surface area contributed by atoms with Gasteiger partial charge in [-0.15, -0.1) is 10.2 Å². The van der Waals surface area contributed by atoms with E-state index in [4.69, 9.17) is 0 Å². The molecule has 0 saturated heterocycles. The molecule has 17 heavy (non-hydrogen) atoms. The third-order valence-corrected chi connectivity index (χ3v) is 2.88. The molecule has 90 valence electrons. The van der Waals surface area contributed by atoms with Gasteiger partial charge in [-0.25, -0.2) is 0 Å². The molecular weight excluding hydrogens is 216 g/mol. The van der Waals surface area contributed by atoms with Crippen molar-refractivity contribution in [2.45, 2.75) is 20.8 Å². The van der Waals surface area contributed by atoms with Crippen molar-refractivity contribution in [3.05, 3.63) is 29.7 Å². The van der Waals surface area contributed by atoms with Gasteiger partial charge in [0.2, 0.25) is 0 Å². The van der Waals surface area contributed by atoms with E-state index < -0.39 is 0 Å². The maximum Gasteiger partial charge on any atom is 0.254 e. The highest BCUT2D eigenvalue weighted by Gasteiger charge is 2.13. The van der Waals surface area contributed by atoms with Crippen LogP contribution in [-0.2, 0) is 0 Å². The zero-order chi connectivity index (χ0) is 12.4. The van der Waals surface area contributed by atoms with Crippen molar-refractivity contribution in [3.63, 3.8) is 0 Å². The van der Waals surface area contributed by atoms with Crippen LogP contribution in [0.15, 0.2) is 18.3 Å². The summed E-state index contributed by atoms with van der Waals surface area (Å²) < 4.78 is 1.86. The van der Waals surface area contributed by atoms with Crippen molar-refractivity contribution in [2.24, 2.45) is 0 Å². The van der Waals surface area contributed by atoms with Crippen LogP contribution in [0.25, 0.3) is 5.65 Å². The number of hydrogen-bond donors (Lipinski definition) is 0. The standard InChI is InChI=1S/C12H16N4O/c1-4-15(5-2)12(17)10-6-7-16-9(3)13-14-11(16)8-10/h6-8H,4-5H2,1-3H3. The molecule has 0 aromatic carbocycles. The van der Waals surface area contributed by atoms with Gasteiger partial charge in [0.05, 0.1) is 0 Å². The number of rotatable bonds is 3. The number of fused-ring (bicyclic) bond motifs is 1. The van der Waals surface area contributed by atoms with Gasteiger partial charge in [-0.05, 0) is 32.9 Å². The molecule has 0 unspecified atom stereocenters. The number of hydrogen-bond acceptors (Lipinski definition) is 3. The average molecular weight is 232 g/mol. The smallest absolute Gasteiger partial charge is 0.254 e. The highest BCUT2D eigenvalue weighted by molar-refractivity contribution is 5.95. The van der Waals surface area contributed by atoms with Crippen molar-refractivity contribution < 1.29 is 4.79 Å². The van der Waals surface area contributed by atoms with E-state index in [0.717, 1.165) is 5.82 Å². The summed E-state index contributed by atoms with van der Waals surface area (Å²) in [5.74, 6) is 0.861. The Morgan fingerprint density at radius 1 is 1.35 bits per heavy atom. The summed E-state index contributed by atoms with van der Waals surface area (Å²) in [6, 6.07) is 3.59. The largest absolute Gasteiger partial charge is 0.339 e. The monoisotopic (exact) mass is 232 g/mol. The van der Waals surface area contributed by atoms with E-state index in [1.165, 1.54) is 0 Å². The Labute approximate surface area is 100 Å². The number of pyridine rings is 1. The van der Waals surface area contributed by atoms with E-state index in [2.05, 4.69) is 10.2 Å². The van der Waals surface area contributed by atoms with Gasteiger partial charge in [-0.2, -0.15) is 0 Å². The first-order valence-corrected chi connectivity index (χ1v) is 5.78. The molecular formula is C12H16N4O. The Bertz CT molecular complexity index is 542. The first-order valence-electron chi connectivity index (χ1n) is 5.78. The Morgan fingerprint density at radius 3 is 2.71 bits per heavy atom. The van der Waals surface area contributed by atoms with Crippen LogP contribution in [0.4, 0.5) is 0 Å². The van der Waals surface area contributed by atoms with Gasteiger partial charge in [-0.3, -0.25) is 9.20 Å². The number of carbonyl (C=O) groups is 1. The predicted molar refractivity (Wildman–Crippen MR) is 65.0 cm³/mol. The zero-order valence-electron chi connectivity index (χ0n) is 10.3. The molecule has 0 saturated carbocycles. The van der Waals surface area contributed by atoms with Crippen molar-refractivity contribution in [3.8, 4) is 0 Å². The summed E-state index contributed by atoms with van der Waals surface area (Å²) in [7, 11) is 0. The third kappa shape index (κ3) is 2.00. The molecule has 0 aliphatic rings. The quantitative estimate of drug-likeness (QED) is 0.806. The molecule has 0 spiro atoms. The second-order valence-corrected chi connectivity index (χ2v) is 3.87. The molecule has 0 atom stereocenters. The molecule has 0 radical (unpaired) electrons. The van der Waals surface area contributed by atoms with E-state index in [-0.39, 0.29) is 5.91 Å². The fourth-order valence-corrected chi connectivity index (χ4v) is 1.84. The lowest BCUT2D eigenvalue weighted by molar-refractivity contribution is 0.0773. The Balaban J connectivity index is 2.39. The molecule has 1 amide bonds. The number of nitrogens with zero attached hydrogens (tertiary/aromatic N) is 4.